The van der Waals surface area contributed by atoms with E-state index in [4.69, 9.17) is 4.74 Å². The van der Waals surface area contributed by atoms with Gasteiger partial charge in [0.25, 0.3) is 0 Å². The van der Waals surface area contributed by atoms with Gasteiger partial charge < -0.3 is 10.1 Å². The number of anilines is 1. The van der Waals surface area contributed by atoms with Gasteiger partial charge >= 0.3 is 6.18 Å². The van der Waals surface area contributed by atoms with Crippen LogP contribution in [0.15, 0.2) is 18.2 Å². The number of nitrogens with zero attached hydrogens (tertiary/aromatic N) is 1. The maximum atomic E-state index is 12.7. The van der Waals surface area contributed by atoms with Crippen LogP contribution < -0.4 is 5.32 Å². The molecule has 1 aromatic heterocycles. The summed E-state index contributed by atoms with van der Waals surface area (Å²) in [7, 11) is 0. The molecule has 1 N–H and O–H groups in total. The summed E-state index contributed by atoms with van der Waals surface area (Å²) >= 11 is 1.37. The maximum absolute atomic E-state index is 12.7. The molecule has 7 heteroatoms. The Labute approximate surface area is 124 Å². The second-order valence-corrected chi connectivity index (χ2v) is 6.19. The number of halogens is 3. The first kappa shape index (κ1) is 14.6. The van der Waals surface area contributed by atoms with Crippen molar-refractivity contribution in [2.24, 2.45) is 5.92 Å². The molecule has 1 saturated heterocycles. The highest BCUT2D eigenvalue weighted by Crippen LogP contribution is 2.34. The first-order valence-corrected chi connectivity index (χ1v) is 7.63. The molecule has 2 heterocycles. The first-order chi connectivity index (χ1) is 10.0. The second-order valence-electron chi connectivity index (χ2n) is 5.16. The molecule has 1 aliphatic rings. The third-order valence-electron chi connectivity index (χ3n) is 3.51. The molecule has 3 rings (SSSR count). The van der Waals surface area contributed by atoms with Crippen molar-refractivity contribution in [3.05, 3.63) is 23.8 Å². The van der Waals surface area contributed by atoms with Crippen molar-refractivity contribution in [2.75, 3.05) is 25.1 Å². The molecule has 114 valence electrons. The van der Waals surface area contributed by atoms with Gasteiger partial charge in [0.1, 0.15) is 0 Å². The lowest BCUT2D eigenvalue weighted by Crippen LogP contribution is -2.24. The summed E-state index contributed by atoms with van der Waals surface area (Å²) < 4.78 is 44.1. The summed E-state index contributed by atoms with van der Waals surface area (Å²) in [6.45, 7) is 2.29. The summed E-state index contributed by atoms with van der Waals surface area (Å²) in [5.41, 5.74) is -0.273. The van der Waals surface area contributed by atoms with Crippen LogP contribution in [0.1, 0.15) is 18.4 Å². The predicted molar refractivity (Wildman–Crippen MR) is 76.7 cm³/mol. The molecular formula is C14H15F3N2OS. The highest BCUT2D eigenvalue weighted by atomic mass is 32.1. The molecule has 3 nitrogen and oxygen atoms in total. The molecule has 1 aromatic carbocycles. The highest BCUT2D eigenvalue weighted by molar-refractivity contribution is 7.22. The Kier molecular flexibility index (Phi) is 4.03. The van der Waals surface area contributed by atoms with Gasteiger partial charge in [-0.25, -0.2) is 4.98 Å². The summed E-state index contributed by atoms with van der Waals surface area (Å²) in [6.07, 6.45) is -2.16. The molecule has 1 atom stereocenters. The zero-order valence-corrected chi connectivity index (χ0v) is 12.1. The van der Waals surface area contributed by atoms with Gasteiger partial charge in [-0.15, -0.1) is 0 Å². The fourth-order valence-corrected chi connectivity index (χ4v) is 3.23. The van der Waals surface area contributed by atoms with Crippen molar-refractivity contribution in [3.8, 4) is 0 Å². The van der Waals surface area contributed by atoms with Crippen LogP contribution in [0, 0.1) is 5.92 Å². The SMILES string of the molecule is FC(F)(F)c1ccc2sc(NCC3CCCOC3)nc2c1. The average Bonchev–Trinajstić information content (AvgIpc) is 2.87. The maximum Gasteiger partial charge on any atom is 0.416 e. The van der Waals surface area contributed by atoms with E-state index in [9.17, 15) is 13.2 Å². The van der Waals surface area contributed by atoms with Crippen LogP contribution in [0.3, 0.4) is 0 Å². The normalized spacial score (nSPS) is 19.9. The lowest BCUT2D eigenvalue weighted by atomic mass is 10.0. The fraction of sp³-hybridized carbons (Fsp3) is 0.500. The van der Waals surface area contributed by atoms with E-state index < -0.39 is 11.7 Å². The minimum Gasteiger partial charge on any atom is -0.381 e. The first-order valence-electron chi connectivity index (χ1n) is 6.82. The number of hydrogen-bond donors (Lipinski definition) is 1. The van der Waals surface area contributed by atoms with Crippen LogP contribution in [-0.2, 0) is 10.9 Å². The summed E-state index contributed by atoms with van der Waals surface area (Å²) in [5, 5.41) is 3.87. The minimum absolute atomic E-state index is 0.386. The van der Waals surface area contributed by atoms with E-state index in [0.29, 0.717) is 16.6 Å². The Balaban J connectivity index is 1.71. The number of rotatable bonds is 3. The third kappa shape index (κ3) is 3.47. The van der Waals surface area contributed by atoms with E-state index in [-0.39, 0.29) is 0 Å². The molecule has 0 spiro atoms. The fourth-order valence-electron chi connectivity index (χ4n) is 2.38. The van der Waals surface area contributed by atoms with Gasteiger partial charge in [0, 0.05) is 13.2 Å². The molecule has 2 aromatic rings. The number of thiazole rings is 1. The van der Waals surface area contributed by atoms with Crippen molar-refractivity contribution in [3.63, 3.8) is 0 Å². The van der Waals surface area contributed by atoms with E-state index in [2.05, 4.69) is 10.3 Å². The number of fused-ring (bicyclic) bond motifs is 1. The highest BCUT2D eigenvalue weighted by Gasteiger charge is 2.30. The van der Waals surface area contributed by atoms with Crippen LogP contribution in [0.2, 0.25) is 0 Å². The Morgan fingerprint density at radius 3 is 2.95 bits per heavy atom. The van der Waals surface area contributed by atoms with E-state index in [0.717, 1.165) is 49.4 Å². The lowest BCUT2D eigenvalue weighted by molar-refractivity contribution is -0.137. The van der Waals surface area contributed by atoms with Crippen molar-refractivity contribution in [1.82, 2.24) is 4.98 Å². The molecule has 1 aliphatic heterocycles. The van der Waals surface area contributed by atoms with Crippen LogP contribution in [0.25, 0.3) is 10.2 Å². The zero-order valence-electron chi connectivity index (χ0n) is 11.2. The lowest BCUT2D eigenvalue weighted by Gasteiger charge is -2.21. The van der Waals surface area contributed by atoms with Gasteiger partial charge in [0.05, 0.1) is 22.4 Å². The smallest absolute Gasteiger partial charge is 0.381 e. The van der Waals surface area contributed by atoms with Gasteiger partial charge in [-0.1, -0.05) is 11.3 Å². The van der Waals surface area contributed by atoms with Crippen LogP contribution in [-0.4, -0.2) is 24.7 Å². The summed E-state index contributed by atoms with van der Waals surface area (Å²) in [4.78, 5) is 4.24. The summed E-state index contributed by atoms with van der Waals surface area (Å²) in [6, 6.07) is 3.67. The zero-order chi connectivity index (χ0) is 14.9. The molecule has 0 radical (unpaired) electrons. The number of nitrogens with one attached hydrogen (secondary N) is 1. The second kappa shape index (κ2) is 5.81. The molecule has 0 bridgehead atoms. The quantitative estimate of drug-likeness (QED) is 0.923. The van der Waals surface area contributed by atoms with E-state index >= 15 is 0 Å². The standard InChI is InChI=1S/C14H15F3N2OS/c15-14(16,17)10-3-4-12-11(6-10)19-13(21-12)18-7-9-2-1-5-20-8-9/h3-4,6,9H,1-2,5,7-8H2,(H,18,19). The number of hydrogen-bond acceptors (Lipinski definition) is 4. The van der Waals surface area contributed by atoms with Crippen LogP contribution >= 0.6 is 11.3 Å². The molecule has 21 heavy (non-hydrogen) atoms. The molecule has 0 amide bonds. The van der Waals surface area contributed by atoms with Crippen molar-refractivity contribution < 1.29 is 17.9 Å². The monoisotopic (exact) mass is 316 g/mol. The Morgan fingerprint density at radius 2 is 2.24 bits per heavy atom. The third-order valence-corrected chi connectivity index (χ3v) is 4.51. The van der Waals surface area contributed by atoms with Crippen molar-refractivity contribution in [2.45, 2.75) is 19.0 Å². The molecular weight excluding hydrogens is 301 g/mol. The molecule has 1 unspecified atom stereocenters. The molecule has 1 fully saturated rings. The van der Waals surface area contributed by atoms with E-state index in [1.54, 1.807) is 0 Å². The number of ether oxygens (including phenoxy) is 1. The van der Waals surface area contributed by atoms with Gasteiger partial charge in [0.2, 0.25) is 0 Å². The Morgan fingerprint density at radius 1 is 1.38 bits per heavy atom. The van der Waals surface area contributed by atoms with E-state index in [1.165, 1.54) is 17.4 Å². The van der Waals surface area contributed by atoms with Gasteiger partial charge in [0.15, 0.2) is 5.13 Å². The average molecular weight is 316 g/mol. The largest absolute Gasteiger partial charge is 0.416 e. The van der Waals surface area contributed by atoms with E-state index in [1.807, 2.05) is 0 Å². The van der Waals surface area contributed by atoms with Gasteiger partial charge in [-0.2, -0.15) is 13.2 Å². The molecule has 0 aliphatic carbocycles. The van der Waals surface area contributed by atoms with Gasteiger partial charge in [-0.3, -0.25) is 0 Å². The number of aromatic nitrogens is 1. The van der Waals surface area contributed by atoms with Crippen LogP contribution in [0.5, 0.6) is 0 Å². The number of benzene rings is 1. The van der Waals surface area contributed by atoms with Crippen molar-refractivity contribution in [1.29, 1.82) is 0 Å². The number of alkyl halides is 3. The Hall–Kier alpha value is -1.34. The Bertz CT molecular complexity index is 620. The van der Waals surface area contributed by atoms with Crippen LogP contribution in [0.4, 0.5) is 18.3 Å². The van der Waals surface area contributed by atoms with Crippen molar-refractivity contribution >= 4 is 26.7 Å². The summed E-state index contributed by atoms with van der Waals surface area (Å²) in [5.74, 6) is 0.441. The molecule has 0 saturated carbocycles. The minimum atomic E-state index is -4.33. The topological polar surface area (TPSA) is 34.1 Å². The van der Waals surface area contributed by atoms with Gasteiger partial charge in [-0.05, 0) is 37.0 Å². The predicted octanol–water partition coefficient (Wildman–Crippen LogP) is 4.15.